The Hall–Kier alpha value is -1.05. The molecule has 0 aliphatic carbocycles. The van der Waals surface area contributed by atoms with Gasteiger partial charge in [0.2, 0.25) is 5.91 Å². The van der Waals surface area contributed by atoms with E-state index in [4.69, 9.17) is 0 Å². The Kier molecular flexibility index (Phi) is 3.44. The topological polar surface area (TPSA) is 20.3 Å². The fraction of sp³-hybridized carbons (Fsp3) is 0.286. The minimum absolute atomic E-state index is 0.0186. The van der Waals surface area contributed by atoms with Crippen LogP contribution in [-0.2, 0) is 4.79 Å². The molecule has 0 radical (unpaired) electrons. The maximum absolute atomic E-state index is 10.7. The molecule has 1 amide bonds. The van der Waals surface area contributed by atoms with E-state index in [1.807, 2.05) is 0 Å². The number of nitrogens with zero attached hydrogens (tertiary/aromatic N) is 1. The summed E-state index contributed by atoms with van der Waals surface area (Å²) in [5, 5.41) is 0. The quantitative estimate of drug-likeness (QED) is 0.395. The van der Waals surface area contributed by atoms with Gasteiger partial charge in [0.1, 0.15) is 0 Å². The first-order valence-electron chi connectivity index (χ1n) is 2.69. The number of rotatable bonds is 2. The lowest BCUT2D eigenvalue weighted by Gasteiger charge is -2.03. The smallest absolute Gasteiger partial charge is 0.246 e. The Balaban J connectivity index is 3.76. The van der Waals surface area contributed by atoms with Gasteiger partial charge in [0, 0.05) is 20.2 Å². The predicted octanol–water partition coefficient (Wildman–Crippen LogP) is 0.817. The third-order valence-corrected chi connectivity index (χ3v) is 0.816. The van der Waals surface area contributed by atoms with Crippen molar-refractivity contribution in [1.29, 1.82) is 0 Å². The predicted molar refractivity (Wildman–Crippen MR) is 38.0 cm³/mol. The molecule has 0 rings (SSSR count). The largest absolute Gasteiger partial charge is 0.345 e. The summed E-state index contributed by atoms with van der Waals surface area (Å²) in [6.45, 7) is 3.43. The van der Waals surface area contributed by atoms with E-state index in [0.717, 1.165) is 0 Å². The molecule has 0 spiro atoms. The van der Waals surface area contributed by atoms with Crippen LogP contribution in [-0.4, -0.2) is 24.9 Å². The van der Waals surface area contributed by atoms with Gasteiger partial charge in [-0.3, -0.25) is 4.79 Å². The van der Waals surface area contributed by atoms with Gasteiger partial charge in [-0.15, -0.1) is 0 Å². The summed E-state index contributed by atoms with van der Waals surface area (Å²) < 4.78 is 0. The third kappa shape index (κ3) is 3.53. The fourth-order valence-electron chi connectivity index (χ4n) is 0.299. The first kappa shape index (κ1) is 7.95. The van der Waals surface area contributed by atoms with E-state index in [2.05, 4.69) is 6.58 Å². The molecule has 0 aliphatic heterocycles. The molecule has 50 valence electrons. The highest BCUT2D eigenvalue weighted by atomic mass is 16.2. The average molecular weight is 125 g/mol. The molecule has 0 atom stereocenters. The molecular formula is C7H11NO. The Morgan fingerprint density at radius 1 is 1.56 bits per heavy atom. The van der Waals surface area contributed by atoms with Crippen LogP contribution in [0.3, 0.4) is 0 Å². The second-order valence-electron chi connectivity index (χ2n) is 1.83. The molecule has 0 aromatic heterocycles. The summed E-state index contributed by atoms with van der Waals surface area (Å²) in [7, 11) is 3.41. The lowest BCUT2D eigenvalue weighted by Crippen LogP contribution is -2.18. The lowest BCUT2D eigenvalue weighted by atomic mass is 10.4. The SMILES string of the molecule is C=CC=CC(=O)N(C)C. The number of hydrogen-bond donors (Lipinski definition) is 0. The molecule has 0 N–H and O–H groups in total. The summed E-state index contributed by atoms with van der Waals surface area (Å²) in [6.07, 6.45) is 4.65. The minimum atomic E-state index is -0.0186. The standard InChI is InChI=1S/C7H11NO/c1-4-5-6-7(9)8(2)3/h4-6H,1H2,2-3H3. The molecule has 9 heavy (non-hydrogen) atoms. The average Bonchev–Trinajstić information content (AvgIpc) is 1.82. The van der Waals surface area contributed by atoms with Crippen molar-refractivity contribution in [2.45, 2.75) is 0 Å². The van der Waals surface area contributed by atoms with Crippen molar-refractivity contribution < 1.29 is 4.79 Å². The highest BCUT2D eigenvalue weighted by Gasteiger charge is 1.93. The Labute approximate surface area is 55.5 Å². The summed E-state index contributed by atoms with van der Waals surface area (Å²) in [5.74, 6) is -0.0186. The summed E-state index contributed by atoms with van der Waals surface area (Å²) in [4.78, 5) is 12.2. The Morgan fingerprint density at radius 2 is 2.11 bits per heavy atom. The van der Waals surface area contributed by atoms with Gasteiger partial charge < -0.3 is 4.90 Å². The summed E-state index contributed by atoms with van der Waals surface area (Å²) in [5.41, 5.74) is 0. The van der Waals surface area contributed by atoms with E-state index in [1.54, 1.807) is 26.2 Å². The van der Waals surface area contributed by atoms with Crippen molar-refractivity contribution in [3.63, 3.8) is 0 Å². The van der Waals surface area contributed by atoms with Crippen LogP contribution in [0.1, 0.15) is 0 Å². The molecule has 0 saturated heterocycles. The highest BCUT2D eigenvalue weighted by molar-refractivity contribution is 5.87. The van der Waals surface area contributed by atoms with Crippen molar-refractivity contribution in [3.8, 4) is 0 Å². The van der Waals surface area contributed by atoms with Gasteiger partial charge in [-0.25, -0.2) is 0 Å². The zero-order valence-corrected chi connectivity index (χ0v) is 5.79. The van der Waals surface area contributed by atoms with Gasteiger partial charge >= 0.3 is 0 Å². The molecule has 0 aromatic rings. The maximum Gasteiger partial charge on any atom is 0.246 e. The normalized spacial score (nSPS) is 9.56. The molecule has 0 aliphatic rings. The van der Waals surface area contributed by atoms with Crippen LogP contribution < -0.4 is 0 Å². The molecule has 0 fully saturated rings. The van der Waals surface area contributed by atoms with Gasteiger partial charge in [0.15, 0.2) is 0 Å². The fourth-order valence-corrected chi connectivity index (χ4v) is 0.299. The second-order valence-corrected chi connectivity index (χ2v) is 1.83. The molecule has 0 bridgehead atoms. The monoisotopic (exact) mass is 125 g/mol. The van der Waals surface area contributed by atoms with Crippen molar-refractivity contribution in [2.75, 3.05) is 14.1 Å². The number of allylic oxidation sites excluding steroid dienone is 2. The van der Waals surface area contributed by atoms with Crippen LogP contribution in [0.25, 0.3) is 0 Å². The summed E-state index contributed by atoms with van der Waals surface area (Å²) >= 11 is 0. The molecule has 0 unspecified atom stereocenters. The summed E-state index contributed by atoms with van der Waals surface area (Å²) in [6, 6.07) is 0. The number of hydrogen-bond acceptors (Lipinski definition) is 1. The van der Waals surface area contributed by atoms with Crippen LogP contribution in [0.2, 0.25) is 0 Å². The number of carbonyl (C=O) groups excluding carboxylic acids is 1. The second kappa shape index (κ2) is 3.89. The number of likely N-dealkylation sites (N-methyl/N-ethyl adjacent to an activating group) is 1. The minimum Gasteiger partial charge on any atom is -0.345 e. The maximum atomic E-state index is 10.7. The molecule has 2 nitrogen and oxygen atoms in total. The molecule has 2 heteroatoms. The lowest BCUT2D eigenvalue weighted by molar-refractivity contribution is -0.123. The van der Waals surface area contributed by atoms with Crippen LogP contribution in [0.15, 0.2) is 24.8 Å². The highest BCUT2D eigenvalue weighted by Crippen LogP contribution is 1.80. The van der Waals surface area contributed by atoms with E-state index in [1.165, 1.54) is 11.0 Å². The van der Waals surface area contributed by atoms with E-state index in [0.29, 0.717) is 0 Å². The van der Waals surface area contributed by atoms with E-state index >= 15 is 0 Å². The van der Waals surface area contributed by atoms with Gasteiger partial charge in [-0.05, 0) is 0 Å². The first-order valence-corrected chi connectivity index (χ1v) is 2.69. The zero-order chi connectivity index (χ0) is 7.28. The van der Waals surface area contributed by atoms with Crippen LogP contribution in [0, 0.1) is 0 Å². The van der Waals surface area contributed by atoms with Gasteiger partial charge in [-0.2, -0.15) is 0 Å². The molecule has 0 aromatic carbocycles. The van der Waals surface area contributed by atoms with E-state index in [9.17, 15) is 4.79 Å². The van der Waals surface area contributed by atoms with Crippen molar-refractivity contribution in [3.05, 3.63) is 24.8 Å². The Morgan fingerprint density at radius 3 is 2.44 bits per heavy atom. The van der Waals surface area contributed by atoms with Gasteiger partial charge in [0.05, 0.1) is 0 Å². The van der Waals surface area contributed by atoms with Crippen LogP contribution in [0.5, 0.6) is 0 Å². The third-order valence-electron chi connectivity index (χ3n) is 0.816. The van der Waals surface area contributed by atoms with Crippen molar-refractivity contribution in [2.24, 2.45) is 0 Å². The number of amides is 1. The first-order chi connectivity index (χ1) is 4.18. The zero-order valence-electron chi connectivity index (χ0n) is 5.79. The van der Waals surface area contributed by atoms with Gasteiger partial charge in [0.25, 0.3) is 0 Å². The molecule has 0 heterocycles. The molecular weight excluding hydrogens is 114 g/mol. The van der Waals surface area contributed by atoms with Crippen LogP contribution in [0.4, 0.5) is 0 Å². The van der Waals surface area contributed by atoms with Crippen molar-refractivity contribution in [1.82, 2.24) is 4.90 Å². The Bertz CT molecular complexity index is 136. The number of carbonyl (C=O) groups is 1. The van der Waals surface area contributed by atoms with Crippen molar-refractivity contribution >= 4 is 5.91 Å². The van der Waals surface area contributed by atoms with E-state index < -0.39 is 0 Å². The van der Waals surface area contributed by atoms with Gasteiger partial charge in [-0.1, -0.05) is 18.7 Å². The van der Waals surface area contributed by atoms with E-state index in [-0.39, 0.29) is 5.91 Å². The van der Waals surface area contributed by atoms with Crippen LogP contribution >= 0.6 is 0 Å². The molecule has 0 saturated carbocycles.